The lowest BCUT2D eigenvalue weighted by Crippen LogP contribution is -2.50. The number of esters is 1. The molecule has 2 aliphatic rings. The van der Waals surface area contributed by atoms with E-state index in [0.29, 0.717) is 19.7 Å². The molecule has 0 amide bonds. The van der Waals surface area contributed by atoms with E-state index in [-0.39, 0.29) is 17.3 Å². The summed E-state index contributed by atoms with van der Waals surface area (Å²) in [5.41, 5.74) is 0.193. The number of nitrogens with zero attached hydrogens (tertiary/aromatic N) is 1. The van der Waals surface area contributed by atoms with Gasteiger partial charge in [-0.1, -0.05) is 0 Å². The van der Waals surface area contributed by atoms with Crippen molar-refractivity contribution >= 4 is 16.0 Å². The molecular weight excluding hydrogens is 254 g/mol. The summed E-state index contributed by atoms with van der Waals surface area (Å²) < 4.78 is 29.4. The van der Waals surface area contributed by atoms with Gasteiger partial charge in [-0.05, 0) is 38.0 Å². The van der Waals surface area contributed by atoms with E-state index in [9.17, 15) is 13.2 Å². The van der Waals surface area contributed by atoms with E-state index in [4.69, 9.17) is 4.74 Å². The first kappa shape index (κ1) is 13.8. The lowest BCUT2D eigenvalue weighted by Gasteiger charge is -2.50. The Morgan fingerprint density at radius 1 is 1.33 bits per heavy atom. The number of piperidine rings is 1. The summed E-state index contributed by atoms with van der Waals surface area (Å²) in [6, 6.07) is 0. The van der Waals surface area contributed by atoms with E-state index in [1.165, 1.54) is 10.6 Å². The van der Waals surface area contributed by atoms with Crippen molar-refractivity contribution in [3.8, 4) is 0 Å². The first-order valence-electron chi connectivity index (χ1n) is 6.48. The van der Waals surface area contributed by atoms with E-state index in [0.717, 1.165) is 25.7 Å². The molecule has 1 aliphatic carbocycles. The summed E-state index contributed by atoms with van der Waals surface area (Å²) in [6.45, 7) is 3.43. The van der Waals surface area contributed by atoms with Crippen LogP contribution in [0.4, 0.5) is 0 Å². The zero-order chi connectivity index (χ0) is 13.4. The van der Waals surface area contributed by atoms with Crippen LogP contribution in [0.15, 0.2) is 0 Å². The maximum atomic E-state index is 11.5. The Bertz CT molecular complexity index is 415. The van der Waals surface area contributed by atoms with Crippen molar-refractivity contribution in [2.24, 2.45) is 11.3 Å². The van der Waals surface area contributed by atoms with Crippen molar-refractivity contribution in [3.05, 3.63) is 0 Å². The molecule has 18 heavy (non-hydrogen) atoms. The summed E-state index contributed by atoms with van der Waals surface area (Å²) in [4.78, 5) is 11.5. The average molecular weight is 275 g/mol. The Labute approximate surface area is 109 Å². The van der Waals surface area contributed by atoms with Crippen LogP contribution in [0.3, 0.4) is 0 Å². The van der Waals surface area contributed by atoms with Crippen LogP contribution in [-0.4, -0.2) is 44.6 Å². The molecule has 5 nitrogen and oxygen atoms in total. The van der Waals surface area contributed by atoms with E-state index >= 15 is 0 Å². The summed E-state index contributed by atoms with van der Waals surface area (Å²) in [7, 11) is -3.06. The Hall–Kier alpha value is -0.620. The first-order valence-corrected chi connectivity index (χ1v) is 8.33. The van der Waals surface area contributed by atoms with Gasteiger partial charge in [0.25, 0.3) is 0 Å². The third kappa shape index (κ3) is 2.69. The van der Waals surface area contributed by atoms with Crippen LogP contribution in [-0.2, 0) is 19.6 Å². The molecule has 2 fully saturated rings. The molecule has 1 saturated heterocycles. The number of hydrogen-bond acceptors (Lipinski definition) is 4. The molecule has 0 aromatic carbocycles. The highest BCUT2D eigenvalue weighted by atomic mass is 32.2. The monoisotopic (exact) mass is 275 g/mol. The molecule has 104 valence electrons. The third-order valence-corrected chi connectivity index (χ3v) is 5.53. The van der Waals surface area contributed by atoms with E-state index in [1.807, 2.05) is 6.92 Å². The lowest BCUT2D eigenvalue weighted by atomic mass is 9.58. The second-order valence-electron chi connectivity index (χ2n) is 5.52. The van der Waals surface area contributed by atoms with Gasteiger partial charge in [0, 0.05) is 13.1 Å². The molecule has 2 rings (SSSR count). The standard InChI is InChI=1S/C12H21NO4S/c1-3-17-11(14)10-8-12(9-10)4-6-13(7-5-12)18(2,15)16/h10H,3-9H2,1-2H3. The predicted molar refractivity (Wildman–Crippen MR) is 67.4 cm³/mol. The molecule has 0 unspecified atom stereocenters. The van der Waals surface area contributed by atoms with E-state index < -0.39 is 10.0 Å². The number of hydrogen-bond donors (Lipinski definition) is 0. The zero-order valence-corrected chi connectivity index (χ0v) is 11.8. The van der Waals surface area contributed by atoms with Gasteiger partial charge in [-0.2, -0.15) is 0 Å². The summed E-state index contributed by atoms with van der Waals surface area (Å²) >= 11 is 0. The Morgan fingerprint density at radius 2 is 1.89 bits per heavy atom. The topological polar surface area (TPSA) is 63.7 Å². The van der Waals surface area contributed by atoms with Gasteiger partial charge >= 0.3 is 5.97 Å². The fourth-order valence-corrected chi connectivity index (χ4v) is 3.96. The summed E-state index contributed by atoms with van der Waals surface area (Å²) in [5.74, 6) is -0.0524. The molecule has 1 saturated carbocycles. The van der Waals surface area contributed by atoms with E-state index in [2.05, 4.69) is 0 Å². The highest BCUT2D eigenvalue weighted by molar-refractivity contribution is 7.88. The maximum Gasteiger partial charge on any atom is 0.308 e. The van der Waals surface area contributed by atoms with Crippen molar-refractivity contribution in [2.75, 3.05) is 26.0 Å². The number of carbonyl (C=O) groups excluding carboxylic acids is 1. The second-order valence-corrected chi connectivity index (χ2v) is 7.50. The third-order valence-electron chi connectivity index (χ3n) is 4.23. The summed E-state index contributed by atoms with van der Waals surface area (Å²) in [6.07, 6.45) is 4.73. The number of sulfonamides is 1. The molecule has 0 atom stereocenters. The molecule has 0 N–H and O–H groups in total. The van der Waals surface area contributed by atoms with Crippen molar-refractivity contribution < 1.29 is 17.9 Å². The van der Waals surface area contributed by atoms with Crippen LogP contribution < -0.4 is 0 Å². The molecule has 1 heterocycles. The highest BCUT2D eigenvalue weighted by Crippen LogP contribution is 2.53. The zero-order valence-electron chi connectivity index (χ0n) is 11.0. The number of ether oxygens (including phenoxy) is 1. The largest absolute Gasteiger partial charge is 0.466 e. The molecular formula is C12H21NO4S. The maximum absolute atomic E-state index is 11.5. The molecule has 1 aliphatic heterocycles. The average Bonchev–Trinajstić information content (AvgIpc) is 2.25. The minimum absolute atomic E-state index is 0.0368. The van der Waals surface area contributed by atoms with Crippen LogP contribution >= 0.6 is 0 Å². The number of carbonyl (C=O) groups is 1. The highest BCUT2D eigenvalue weighted by Gasteiger charge is 2.49. The molecule has 6 heteroatoms. The SMILES string of the molecule is CCOC(=O)C1CC2(CCN(S(C)(=O)=O)CC2)C1. The molecule has 1 spiro atoms. The first-order chi connectivity index (χ1) is 8.36. The van der Waals surface area contributed by atoms with Crippen molar-refractivity contribution in [1.29, 1.82) is 0 Å². The van der Waals surface area contributed by atoms with Gasteiger partial charge in [-0.25, -0.2) is 12.7 Å². The van der Waals surface area contributed by atoms with E-state index in [1.54, 1.807) is 0 Å². The van der Waals surface area contributed by atoms with Crippen LogP contribution in [0.5, 0.6) is 0 Å². The molecule has 0 aromatic rings. The van der Waals surface area contributed by atoms with Gasteiger partial charge in [0.15, 0.2) is 0 Å². The van der Waals surface area contributed by atoms with Gasteiger partial charge in [-0.3, -0.25) is 4.79 Å². The predicted octanol–water partition coefficient (Wildman–Crippen LogP) is 1.00. The van der Waals surface area contributed by atoms with Crippen molar-refractivity contribution in [1.82, 2.24) is 4.31 Å². The van der Waals surface area contributed by atoms with Crippen LogP contribution in [0, 0.1) is 11.3 Å². The normalized spacial score (nSPS) is 24.8. The summed E-state index contributed by atoms with van der Waals surface area (Å²) in [5, 5.41) is 0. The molecule has 0 aromatic heterocycles. The Morgan fingerprint density at radius 3 is 2.33 bits per heavy atom. The fourth-order valence-electron chi connectivity index (χ4n) is 3.11. The van der Waals surface area contributed by atoms with Gasteiger partial charge in [0.1, 0.15) is 0 Å². The van der Waals surface area contributed by atoms with Gasteiger partial charge in [0.05, 0.1) is 18.8 Å². The minimum atomic E-state index is -3.06. The van der Waals surface area contributed by atoms with Crippen molar-refractivity contribution in [2.45, 2.75) is 32.6 Å². The Kier molecular flexibility index (Phi) is 3.69. The molecule has 0 bridgehead atoms. The fraction of sp³-hybridized carbons (Fsp3) is 0.917. The minimum Gasteiger partial charge on any atom is -0.466 e. The second kappa shape index (κ2) is 4.81. The van der Waals surface area contributed by atoms with Gasteiger partial charge < -0.3 is 4.74 Å². The van der Waals surface area contributed by atoms with Crippen LogP contribution in [0.1, 0.15) is 32.6 Å². The van der Waals surface area contributed by atoms with Crippen LogP contribution in [0.2, 0.25) is 0 Å². The Balaban J connectivity index is 1.84. The van der Waals surface area contributed by atoms with Gasteiger partial charge in [0.2, 0.25) is 10.0 Å². The van der Waals surface area contributed by atoms with Crippen LogP contribution in [0.25, 0.3) is 0 Å². The number of rotatable bonds is 3. The smallest absolute Gasteiger partial charge is 0.308 e. The van der Waals surface area contributed by atoms with Crippen molar-refractivity contribution in [3.63, 3.8) is 0 Å². The molecule has 0 radical (unpaired) electrons. The van der Waals surface area contributed by atoms with Gasteiger partial charge in [-0.15, -0.1) is 0 Å². The lowest BCUT2D eigenvalue weighted by molar-refractivity contribution is -0.158. The quantitative estimate of drug-likeness (QED) is 0.721.